The molecule has 0 N–H and O–H groups in total. The van der Waals surface area contributed by atoms with Gasteiger partial charge in [-0.15, -0.1) is 0 Å². The summed E-state index contributed by atoms with van der Waals surface area (Å²) in [6.07, 6.45) is 0.711. The lowest BCUT2D eigenvalue weighted by atomic mass is 9.64. The van der Waals surface area contributed by atoms with Gasteiger partial charge in [-0.3, -0.25) is 4.79 Å². The standard InChI is InChI=1S/C13H14N2O/c1-15(2)12-6-4-3-5-11(12)13(9-14)7-10(16)8-13/h3-6H,7-8H2,1-2H3. The average Bonchev–Trinajstić information content (AvgIpc) is 2.24. The second-order valence-electron chi connectivity index (χ2n) is 4.50. The third-order valence-electron chi connectivity index (χ3n) is 3.11. The number of anilines is 1. The molecule has 3 nitrogen and oxygen atoms in total. The number of hydrogen-bond donors (Lipinski definition) is 0. The molecule has 1 fully saturated rings. The van der Waals surface area contributed by atoms with Gasteiger partial charge < -0.3 is 4.90 Å². The Kier molecular flexibility index (Phi) is 2.43. The smallest absolute Gasteiger partial charge is 0.136 e. The average molecular weight is 214 g/mol. The molecular formula is C13H14N2O. The van der Waals surface area contributed by atoms with E-state index in [0.29, 0.717) is 12.8 Å². The van der Waals surface area contributed by atoms with E-state index in [-0.39, 0.29) is 5.78 Å². The topological polar surface area (TPSA) is 44.1 Å². The molecule has 0 heterocycles. The highest BCUT2D eigenvalue weighted by molar-refractivity contribution is 5.91. The third kappa shape index (κ3) is 1.47. The maximum atomic E-state index is 11.2. The summed E-state index contributed by atoms with van der Waals surface area (Å²) in [6, 6.07) is 10.1. The van der Waals surface area contributed by atoms with Crippen LogP contribution in [0.1, 0.15) is 18.4 Å². The van der Waals surface area contributed by atoms with Gasteiger partial charge in [0.2, 0.25) is 0 Å². The molecule has 0 unspecified atom stereocenters. The molecule has 16 heavy (non-hydrogen) atoms. The summed E-state index contributed by atoms with van der Waals surface area (Å²) in [5.41, 5.74) is 1.41. The summed E-state index contributed by atoms with van der Waals surface area (Å²) in [5, 5.41) is 9.29. The van der Waals surface area contributed by atoms with Gasteiger partial charge in [-0.1, -0.05) is 18.2 Å². The van der Waals surface area contributed by atoms with Crippen LogP contribution in [0.15, 0.2) is 24.3 Å². The SMILES string of the molecule is CN(C)c1ccccc1C1(C#N)CC(=O)C1. The number of para-hydroxylation sites is 1. The number of nitriles is 1. The van der Waals surface area contributed by atoms with E-state index in [4.69, 9.17) is 0 Å². The normalized spacial score (nSPS) is 17.4. The zero-order valence-electron chi connectivity index (χ0n) is 9.53. The molecule has 1 aromatic rings. The number of hydrogen-bond acceptors (Lipinski definition) is 3. The Hall–Kier alpha value is -1.82. The van der Waals surface area contributed by atoms with Crippen molar-refractivity contribution in [1.82, 2.24) is 0 Å². The number of ketones is 1. The maximum Gasteiger partial charge on any atom is 0.136 e. The highest BCUT2D eigenvalue weighted by Crippen LogP contribution is 2.44. The minimum absolute atomic E-state index is 0.176. The summed E-state index contributed by atoms with van der Waals surface area (Å²) < 4.78 is 0. The number of rotatable bonds is 2. The molecule has 0 atom stereocenters. The molecule has 3 heteroatoms. The van der Waals surface area contributed by atoms with E-state index in [1.165, 1.54) is 0 Å². The molecule has 1 aliphatic rings. The van der Waals surface area contributed by atoms with Gasteiger partial charge in [0, 0.05) is 32.6 Å². The van der Waals surface area contributed by atoms with Gasteiger partial charge in [-0.25, -0.2) is 0 Å². The molecule has 2 rings (SSSR count). The van der Waals surface area contributed by atoms with Crippen LogP contribution in [-0.2, 0) is 10.2 Å². The predicted molar refractivity (Wildman–Crippen MR) is 62.3 cm³/mol. The molecule has 1 saturated carbocycles. The highest BCUT2D eigenvalue weighted by Gasteiger charge is 2.46. The van der Waals surface area contributed by atoms with E-state index in [0.717, 1.165) is 11.3 Å². The molecule has 0 saturated heterocycles. The van der Waals surface area contributed by atoms with Crippen molar-refractivity contribution in [2.24, 2.45) is 0 Å². The van der Waals surface area contributed by atoms with Gasteiger partial charge >= 0.3 is 0 Å². The predicted octanol–water partition coefficient (Wildman–Crippen LogP) is 1.88. The summed E-state index contributed by atoms with van der Waals surface area (Å²) in [6.45, 7) is 0. The second-order valence-corrected chi connectivity index (χ2v) is 4.50. The van der Waals surface area contributed by atoms with Gasteiger partial charge in [-0.2, -0.15) is 5.26 Å². The highest BCUT2D eigenvalue weighted by atomic mass is 16.1. The molecule has 82 valence electrons. The van der Waals surface area contributed by atoms with Crippen LogP contribution in [0.2, 0.25) is 0 Å². The molecule has 0 aromatic heterocycles. The van der Waals surface area contributed by atoms with E-state index in [2.05, 4.69) is 6.07 Å². The number of benzene rings is 1. The lowest BCUT2D eigenvalue weighted by Crippen LogP contribution is -2.41. The summed E-state index contributed by atoms with van der Waals surface area (Å²) >= 11 is 0. The number of carbonyl (C=O) groups excluding carboxylic acids is 1. The molecule has 0 aliphatic heterocycles. The fourth-order valence-corrected chi connectivity index (χ4v) is 2.22. The van der Waals surface area contributed by atoms with Gasteiger partial charge in [0.05, 0.1) is 11.5 Å². The van der Waals surface area contributed by atoms with E-state index < -0.39 is 5.41 Å². The van der Waals surface area contributed by atoms with Crippen LogP contribution < -0.4 is 4.90 Å². The fourth-order valence-electron chi connectivity index (χ4n) is 2.22. The molecule has 0 bridgehead atoms. The Morgan fingerprint density at radius 1 is 1.31 bits per heavy atom. The van der Waals surface area contributed by atoms with Crippen molar-refractivity contribution in [2.45, 2.75) is 18.3 Å². The van der Waals surface area contributed by atoms with Crippen molar-refractivity contribution >= 4 is 11.5 Å². The monoisotopic (exact) mass is 214 g/mol. The molecule has 0 amide bonds. The molecular weight excluding hydrogens is 200 g/mol. The minimum atomic E-state index is -0.585. The van der Waals surface area contributed by atoms with E-state index in [1.54, 1.807) is 0 Å². The maximum absolute atomic E-state index is 11.2. The van der Waals surface area contributed by atoms with Gasteiger partial charge in [0.1, 0.15) is 5.78 Å². The summed E-state index contributed by atoms with van der Waals surface area (Å²) in [7, 11) is 3.90. The third-order valence-corrected chi connectivity index (χ3v) is 3.11. The quantitative estimate of drug-likeness (QED) is 0.755. The second kappa shape index (κ2) is 3.64. The first-order valence-electron chi connectivity index (χ1n) is 5.29. The Morgan fingerprint density at radius 3 is 2.44 bits per heavy atom. The first-order valence-corrected chi connectivity index (χ1v) is 5.29. The summed E-state index contributed by atoms with van der Waals surface area (Å²) in [5.74, 6) is 0.176. The molecule has 0 radical (unpaired) electrons. The van der Waals surface area contributed by atoms with E-state index >= 15 is 0 Å². The Labute approximate surface area is 95.3 Å². The van der Waals surface area contributed by atoms with Crippen LogP contribution in [0.3, 0.4) is 0 Å². The van der Waals surface area contributed by atoms with Crippen LogP contribution in [0.5, 0.6) is 0 Å². The van der Waals surface area contributed by atoms with Crippen LogP contribution in [0.4, 0.5) is 5.69 Å². The lowest BCUT2D eigenvalue weighted by molar-refractivity contribution is -0.126. The zero-order valence-corrected chi connectivity index (χ0v) is 9.53. The van der Waals surface area contributed by atoms with Gasteiger partial charge in [0.15, 0.2) is 0 Å². The van der Waals surface area contributed by atoms with Crippen molar-refractivity contribution in [3.8, 4) is 6.07 Å². The Bertz CT molecular complexity index is 463. The van der Waals surface area contributed by atoms with Crippen LogP contribution >= 0.6 is 0 Å². The van der Waals surface area contributed by atoms with Crippen LogP contribution in [0, 0.1) is 11.3 Å². The molecule has 1 aromatic carbocycles. The largest absolute Gasteiger partial charge is 0.377 e. The molecule has 0 spiro atoms. The van der Waals surface area contributed by atoms with Gasteiger partial charge in [0.25, 0.3) is 0 Å². The fraction of sp³-hybridized carbons (Fsp3) is 0.385. The Balaban J connectivity index is 2.48. The van der Waals surface area contributed by atoms with Crippen molar-refractivity contribution in [3.05, 3.63) is 29.8 Å². The van der Waals surface area contributed by atoms with E-state index in [9.17, 15) is 10.1 Å². The van der Waals surface area contributed by atoms with Crippen LogP contribution in [0.25, 0.3) is 0 Å². The first-order chi connectivity index (χ1) is 7.59. The van der Waals surface area contributed by atoms with Crippen molar-refractivity contribution < 1.29 is 4.79 Å². The first kappa shape index (κ1) is 10.7. The number of nitrogens with zero attached hydrogens (tertiary/aromatic N) is 2. The lowest BCUT2D eigenvalue weighted by Gasteiger charge is -2.36. The summed E-state index contributed by atoms with van der Waals surface area (Å²) in [4.78, 5) is 13.1. The van der Waals surface area contributed by atoms with Crippen molar-refractivity contribution in [3.63, 3.8) is 0 Å². The number of Topliss-reactive ketones (excluding diaryl/α,β-unsaturated/α-hetero) is 1. The van der Waals surface area contributed by atoms with Crippen molar-refractivity contribution in [2.75, 3.05) is 19.0 Å². The Morgan fingerprint density at radius 2 is 1.94 bits per heavy atom. The minimum Gasteiger partial charge on any atom is -0.377 e. The van der Waals surface area contributed by atoms with Crippen LogP contribution in [-0.4, -0.2) is 19.9 Å². The molecule has 1 aliphatic carbocycles. The van der Waals surface area contributed by atoms with E-state index in [1.807, 2.05) is 43.3 Å². The van der Waals surface area contributed by atoms with Gasteiger partial charge in [-0.05, 0) is 11.6 Å². The number of carbonyl (C=O) groups is 1. The zero-order chi connectivity index (χ0) is 11.8. The van der Waals surface area contributed by atoms with Crippen molar-refractivity contribution in [1.29, 1.82) is 5.26 Å².